The zero-order valence-electron chi connectivity index (χ0n) is 19.5. The Morgan fingerprint density at radius 1 is 1.03 bits per heavy atom. The summed E-state index contributed by atoms with van der Waals surface area (Å²) in [6.45, 7) is 2.38. The quantitative estimate of drug-likeness (QED) is 0.533. The van der Waals surface area contributed by atoms with Crippen molar-refractivity contribution in [2.75, 3.05) is 17.8 Å². The van der Waals surface area contributed by atoms with Gasteiger partial charge in [-0.25, -0.2) is 13.1 Å². The summed E-state index contributed by atoms with van der Waals surface area (Å²) in [5.74, 6) is -0.963. The molecular weight excluding hydrogens is 470 g/mol. The SMILES string of the molecule is Cc1c(NS(=O)(=O)c2cccc(C(=O)N3CCC(C(N)=O)CC3)c2)c(=O)n(-c2ccccc2)n1C. The number of piperidine rings is 1. The fourth-order valence-corrected chi connectivity index (χ4v) is 5.39. The van der Waals surface area contributed by atoms with Gasteiger partial charge in [-0.05, 0) is 50.1 Å². The van der Waals surface area contributed by atoms with Crippen molar-refractivity contribution in [1.82, 2.24) is 14.3 Å². The van der Waals surface area contributed by atoms with Crippen LogP contribution in [0.5, 0.6) is 0 Å². The van der Waals surface area contributed by atoms with E-state index in [4.69, 9.17) is 5.73 Å². The van der Waals surface area contributed by atoms with Crippen LogP contribution < -0.4 is 16.0 Å². The Bertz CT molecular complexity index is 1430. The minimum atomic E-state index is -4.16. The van der Waals surface area contributed by atoms with Gasteiger partial charge in [-0.1, -0.05) is 24.3 Å². The van der Waals surface area contributed by atoms with Gasteiger partial charge in [0.1, 0.15) is 5.69 Å². The number of amides is 2. The van der Waals surface area contributed by atoms with Crippen molar-refractivity contribution in [3.05, 3.63) is 76.2 Å². The molecule has 184 valence electrons. The molecule has 0 atom stereocenters. The number of para-hydroxylation sites is 1. The monoisotopic (exact) mass is 497 g/mol. The molecule has 10 nitrogen and oxygen atoms in total. The average molecular weight is 498 g/mol. The highest BCUT2D eigenvalue weighted by atomic mass is 32.2. The van der Waals surface area contributed by atoms with Crippen LogP contribution in [0.2, 0.25) is 0 Å². The van der Waals surface area contributed by atoms with Gasteiger partial charge in [-0.3, -0.25) is 23.8 Å². The summed E-state index contributed by atoms with van der Waals surface area (Å²) in [6.07, 6.45) is 0.948. The molecule has 1 aliphatic rings. The maximum Gasteiger partial charge on any atom is 0.296 e. The molecule has 0 unspecified atom stereocenters. The number of likely N-dealkylation sites (tertiary alicyclic amines) is 1. The van der Waals surface area contributed by atoms with Gasteiger partial charge in [-0.15, -0.1) is 0 Å². The first-order valence-electron chi connectivity index (χ1n) is 11.2. The highest BCUT2D eigenvalue weighted by molar-refractivity contribution is 7.92. The van der Waals surface area contributed by atoms with E-state index in [1.54, 1.807) is 47.8 Å². The predicted octanol–water partition coefficient (Wildman–Crippen LogP) is 1.62. The molecule has 3 aromatic rings. The van der Waals surface area contributed by atoms with Gasteiger partial charge in [0, 0.05) is 31.6 Å². The average Bonchev–Trinajstić information content (AvgIpc) is 3.07. The van der Waals surface area contributed by atoms with E-state index >= 15 is 0 Å². The third-order valence-corrected chi connectivity index (χ3v) is 7.71. The maximum atomic E-state index is 13.2. The van der Waals surface area contributed by atoms with E-state index in [1.165, 1.54) is 28.9 Å². The van der Waals surface area contributed by atoms with Gasteiger partial charge in [0.05, 0.1) is 16.3 Å². The van der Waals surface area contributed by atoms with Crippen LogP contribution in [0.25, 0.3) is 5.69 Å². The Kier molecular flexibility index (Phi) is 6.53. The molecule has 2 amide bonds. The van der Waals surface area contributed by atoms with E-state index in [0.717, 1.165) is 0 Å². The summed E-state index contributed by atoms with van der Waals surface area (Å²) in [5, 5.41) is 0. The number of carbonyl (C=O) groups excluding carboxylic acids is 2. The highest BCUT2D eigenvalue weighted by Crippen LogP contribution is 2.22. The molecule has 2 aromatic carbocycles. The van der Waals surface area contributed by atoms with Crippen molar-refractivity contribution in [2.45, 2.75) is 24.7 Å². The van der Waals surface area contributed by atoms with Gasteiger partial charge < -0.3 is 10.6 Å². The summed E-state index contributed by atoms with van der Waals surface area (Å²) in [4.78, 5) is 38.9. The van der Waals surface area contributed by atoms with Crippen LogP contribution in [0.4, 0.5) is 5.69 Å². The number of primary amides is 1. The molecule has 0 bridgehead atoms. The molecule has 1 saturated heterocycles. The first-order chi connectivity index (χ1) is 16.6. The fraction of sp³-hybridized carbons (Fsp3) is 0.292. The summed E-state index contributed by atoms with van der Waals surface area (Å²) >= 11 is 0. The van der Waals surface area contributed by atoms with E-state index in [-0.39, 0.29) is 33.9 Å². The summed E-state index contributed by atoms with van der Waals surface area (Å²) < 4.78 is 31.7. The number of sulfonamides is 1. The van der Waals surface area contributed by atoms with E-state index in [2.05, 4.69) is 4.72 Å². The summed E-state index contributed by atoms with van der Waals surface area (Å²) in [5.41, 5.74) is 6.02. The number of benzene rings is 2. The minimum Gasteiger partial charge on any atom is -0.369 e. The van der Waals surface area contributed by atoms with Gasteiger partial charge in [-0.2, -0.15) is 0 Å². The van der Waals surface area contributed by atoms with Crippen LogP contribution in [0, 0.1) is 12.8 Å². The Morgan fingerprint density at radius 3 is 2.31 bits per heavy atom. The smallest absolute Gasteiger partial charge is 0.296 e. The van der Waals surface area contributed by atoms with Crippen molar-refractivity contribution < 1.29 is 18.0 Å². The Labute approximate surface area is 203 Å². The standard InChI is InChI=1S/C24H27N5O5S/c1-16-21(24(32)29(27(16)2)19-8-4-3-5-9-19)26-35(33,34)20-10-6-7-18(15-20)23(31)28-13-11-17(12-14-28)22(25)30/h3-10,15,17,26H,11-14H2,1-2H3,(H2,25,30). The minimum absolute atomic E-state index is 0.0680. The number of nitrogens with two attached hydrogens (primary N) is 1. The lowest BCUT2D eigenvalue weighted by atomic mass is 9.96. The predicted molar refractivity (Wildman–Crippen MR) is 131 cm³/mol. The fourth-order valence-electron chi connectivity index (χ4n) is 4.23. The van der Waals surface area contributed by atoms with Crippen LogP contribution in [-0.4, -0.2) is 47.6 Å². The van der Waals surface area contributed by atoms with Gasteiger partial charge in [0.2, 0.25) is 5.91 Å². The van der Waals surface area contributed by atoms with Crippen LogP contribution >= 0.6 is 0 Å². The number of nitrogens with zero attached hydrogens (tertiary/aromatic N) is 3. The first kappa shape index (κ1) is 24.3. The maximum absolute atomic E-state index is 13.2. The molecule has 0 spiro atoms. The van der Waals surface area contributed by atoms with E-state index in [1.807, 2.05) is 6.07 Å². The number of carbonyl (C=O) groups is 2. The second kappa shape index (κ2) is 9.41. The number of nitrogens with one attached hydrogen (secondary N) is 1. The number of hydrogen-bond acceptors (Lipinski definition) is 5. The van der Waals surface area contributed by atoms with Crippen LogP contribution in [-0.2, 0) is 21.9 Å². The molecule has 2 heterocycles. The molecule has 3 N–H and O–H groups in total. The second-order valence-electron chi connectivity index (χ2n) is 8.54. The zero-order valence-corrected chi connectivity index (χ0v) is 20.3. The topological polar surface area (TPSA) is 136 Å². The van der Waals surface area contributed by atoms with Gasteiger partial charge >= 0.3 is 0 Å². The molecule has 0 radical (unpaired) electrons. The Hall–Kier alpha value is -3.86. The van der Waals surface area contributed by atoms with Crippen molar-refractivity contribution in [2.24, 2.45) is 18.7 Å². The first-order valence-corrected chi connectivity index (χ1v) is 12.6. The Morgan fingerprint density at radius 2 is 1.69 bits per heavy atom. The van der Waals surface area contributed by atoms with E-state index in [0.29, 0.717) is 37.3 Å². The zero-order chi connectivity index (χ0) is 25.3. The van der Waals surface area contributed by atoms with Crippen molar-refractivity contribution in [3.8, 4) is 5.69 Å². The molecule has 0 saturated carbocycles. The van der Waals surface area contributed by atoms with Gasteiger partial charge in [0.15, 0.2) is 0 Å². The molecule has 4 rings (SSSR count). The molecule has 11 heteroatoms. The summed E-state index contributed by atoms with van der Waals surface area (Å²) in [6, 6.07) is 14.6. The molecule has 35 heavy (non-hydrogen) atoms. The van der Waals surface area contributed by atoms with Crippen molar-refractivity contribution in [3.63, 3.8) is 0 Å². The third-order valence-electron chi connectivity index (χ3n) is 6.37. The van der Waals surface area contributed by atoms with Crippen LogP contribution in [0.3, 0.4) is 0 Å². The lowest BCUT2D eigenvalue weighted by molar-refractivity contribution is -0.123. The van der Waals surface area contributed by atoms with Crippen molar-refractivity contribution in [1.29, 1.82) is 0 Å². The van der Waals surface area contributed by atoms with Crippen molar-refractivity contribution >= 4 is 27.5 Å². The number of anilines is 1. The number of hydrogen-bond donors (Lipinski definition) is 2. The second-order valence-corrected chi connectivity index (χ2v) is 10.2. The molecule has 1 aromatic heterocycles. The van der Waals surface area contributed by atoms with E-state index in [9.17, 15) is 22.8 Å². The lowest BCUT2D eigenvalue weighted by Crippen LogP contribution is -2.41. The molecule has 1 aliphatic heterocycles. The molecular formula is C24H27N5O5S. The summed E-state index contributed by atoms with van der Waals surface area (Å²) in [7, 11) is -2.49. The number of rotatable bonds is 6. The third kappa shape index (κ3) is 4.72. The molecule has 0 aliphatic carbocycles. The van der Waals surface area contributed by atoms with Crippen LogP contribution in [0.1, 0.15) is 28.9 Å². The van der Waals surface area contributed by atoms with E-state index < -0.39 is 15.6 Å². The lowest BCUT2D eigenvalue weighted by Gasteiger charge is -2.30. The largest absolute Gasteiger partial charge is 0.369 e. The van der Waals surface area contributed by atoms with Gasteiger partial charge in [0.25, 0.3) is 21.5 Å². The van der Waals surface area contributed by atoms with Crippen LogP contribution in [0.15, 0.2) is 64.3 Å². The normalized spacial score (nSPS) is 14.6. The number of aromatic nitrogens is 2. The Balaban J connectivity index is 1.59. The molecule has 1 fully saturated rings. The highest BCUT2D eigenvalue weighted by Gasteiger charge is 2.28.